The third-order valence-electron chi connectivity index (χ3n) is 6.41. The molecule has 0 N–H and O–H groups in total. The van der Waals surface area contributed by atoms with E-state index in [1.54, 1.807) is 72.8 Å². The number of benzene rings is 4. The van der Waals surface area contributed by atoms with Gasteiger partial charge in [-0.3, -0.25) is 14.9 Å². The topological polar surface area (TPSA) is 113 Å². The Morgan fingerprint density at radius 3 is 2.58 bits per heavy atom. The van der Waals surface area contributed by atoms with Crippen molar-refractivity contribution in [2.75, 3.05) is 0 Å². The smallest absolute Gasteiger partial charge is 0.312 e. The van der Waals surface area contributed by atoms with Gasteiger partial charge in [-0.05, 0) is 54.6 Å². The Balaban J connectivity index is 1.49. The molecule has 0 atom stereocenters. The SMILES string of the molecule is O=c1c2ccccc2nc(-c2cc3cc(Cl)ccc3o2)n1N=Cc1cc(Br)cc([N+](=O)[O-])c1OCc1ccc(Cl)cc1Cl. The molecule has 4 aromatic carbocycles. The van der Waals surface area contributed by atoms with Crippen molar-refractivity contribution in [1.29, 1.82) is 0 Å². The van der Waals surface area contributed by atoms with Gasteiger partial charge >= 0.3 is 5.69 Å². The molecule has 0 aliphatic heterocycles. The molecule has 0 amide bonds. The van der Waals surface area contributed by atoms with Crippen molar-refractivity contribution in [2.45, 2.75) is 6.61 Å². The van der Waals surface area contributed by atoms with E-state index in [0.29, 0.717) is 47.0 Å². The van der Waals surface area contributed by atoms with Crippen LogP contribution in [0.25, 0.3) is 33.5 Å². The van der Waals surface area contributed by atoms with E-state index in [9.17, 15) is 14.9 Å². The number of nitro benzene ring substituents is 1. The normalized spacial score (nSPS) is 11.5. The fourth-order valence-electron chi connectivity index (χ4n) is 4.41. The first-order valence-electron chi connectivity index (χ1n) is 12.5. The number of furan rings is 1. The van der Waals surface area contributed by atoms with E-state index >= 15 is 0 Å². The van der Waals surface area contributed by atoms with E-state index in [-0.39, 0.29) is 35.2 Å². The predicted octanol–water partition coefficient (Wildman–Crippen LogP) is 8.90. The molecule has 0 bridgehead atoms. The number of hydrogen-bond acceptors (Lipinski definition) is 7. The maximum Gasteiger partial charge on any atom is 0.312 e. The zero-order valence-corrected chi connectivity index (χ0v) is 25.5. The summed E-state index contributed by atoms with van der Waals surface area (Å²) in [4.78, 5) is 29.8. The molecule has 0 fully saturated rings. The van der Waals surface area contributed by atoms with Crippen LogP contribution in [-0.4, -0.2) is 20.8 Å². The average Bonchev–Trinajstić information content (AvgIpc) is 3.39. The van der Waals surface area contributed by atoms with Gasteiger partial charge in [-0.2, -0.15) is 9.78 Å². The minimum atomic E-state index is -0.574. The van der Waals surface area contributed by atoms with E-state index in [2.05, 4.69) is 26.0 Å². The Bertz CT molecular complexity index is 2160. The fraction of sp³-hybridized carbons (Fsp3) is 0.0333. The second-order valence-electron chi connectivity index (χ2n) is 9.23. The Morgan fingerprint density at radius 2 is 1.79 bits per heavy atom. The first kappa shape index (κ1) is 28.9. The number of aromatic nitrogens is 2. The molecule has 6 rings (SSSR count). The molecule has 0 saturated carbocycles. The number of fused-ring (bicyclic) bond motifs is 2. The lowest BCUT2D eigenvalue weighted by Gasteiger charge is -2.12. The number of halogens is 4. The zero-order chi connectivity index (χ0) is 30.2. The number of ether oxygens (including phenoxy) is 1. The van der Waals surface area contributed by atoms with Crippen LogP contribution in [0.4, 0.5) is 5.69 Å². The second kappa shape index (κ2) is 11.8. The average molecular weight is 699 g/mol. The van der Waals surface area contributed by atoms with Crippen molar-refractivity contribution in [1.82, 2.24) is 9.66 Å². The first-order chi connectivity index (χ1) is 20.7. The van der Waals surface area contributed by atoms with Gasteiger partial charge in [0.1, 0.15) is 12.2 Å². The maximum atomic E-state index is 13.7. The van der Waals surface area contributed by atoms with Crippen LogP contribution >= 0.6 is 50.7 Å². The molecule has 0 radical (unpaired) electrons. The van der Waals surface area contributed by atoms with E-state index in [4.69, 9.17) is 44.0 Å². The van der Waals surface area contributed by atoms with Crippen molar-refractivity contribution in [2.24, 2.45) is 5.10 Å². The molecule has 2 heterocycles. The van der Waals surface area contributed by atoms with Crippen LogP contribution in [0.5, 0.6) is 5.75 Å². The number of nitrogens with zero attached hydrogens (tertiary/aromatic N) is 4. The molecule has 9 nitrogen and oxygen atoms in total. The molecule has 0 aliphatic rings. The van der Waals surface area contributed by atoms with Gasteiger partial charge in [0.25, 0.3) is 5.56 Å². The molecule has 0 aliphatic carbocycles. The van der Waals surface area contributed by atoms with Gasteiger partial charge < -0.3 is 9.15 Å². The summed E-state index contributed by atoms with van der Waals surface area (Å²) in [5.41, 5.74) is 0.961. The van der Waals surface area contributed by atoms with Crippen molar-refractivity contribution in [3.63, 3.8) is 0 Å². The lowest BCUT2D eigenvalue weighted by Crippen LogP contribution is -2.20. The van der Waals surface area contributed by atoms with E-state index in [1.165, 1.54) is 12.3 Å². The van der Waals surface area contributed by atoms with Gasteiger partial charge in [0.15, 0.2) is 5.76 Å². The van der Waals surface area contributed by atoms with Crippen LogP contribution in [-0.2, 0) is 6.61 Å². The van der Waals surface area contributed by atoms with E-state index in [0.717, 1.165) is 4.68 Å². The summed E-state index contributed by atoms with van der Waals surface area (Å²) in [6.07, 6.45) is 1.29. The van der Waals surface area contributed by atoms with Crippen molar-refractivity contribution >= 4 is 84.5 Å². The van der Waals surface area contributed by atoms with E-state index < -0.39 is 10.5 Å². The van der Waals surface area contributed by atoms with Gasteiger partial charge in [0, 0.05) is 42.1 Å². The van der Waals surface area contributed by atoms with Crippen LogP contribution in [0.15, 0.2) is 97.6 Å². The van der Waals surface area contributed by atoms with Crippen LogP contribution in [0, 0.1) is 10.1 Å². The molecule has 0 unspecified atom stereocenters. The summed E-state index contributed by atoms with van der Waals surface area (Å²) in [5, 5.41) is 18.8. The lowest BCUT2D eigenvalue weighted by atomic mass is 10.2. The third-order valence-corrected chi connectivity index (χ3v) is 7.69. The fourth-order valence-corrected chi connectivity index (χ4v) is 5.52. The highest BCUT2D eigenvalue weighted by molar-refractivity contribution is 9.10. The summed E-state index contributed by atoms with van der Waals surface area (Å²) in [7, 11) is 0. The summed E-state index contributed by atoms with van der Waals surface area (Å²) in [6.45, 7) is -0.0937. The van der Waals surface area contributed by atoms with Gasteiger partial charge in [0.05, 0.1) is 22.0 Å². The summed E-state index contributed by atoms with van der Waals surface area (Å²) in [5.74, 6) is 0.309. The second-order valence-corrected chi connectivity index (χ2v) is 11.4. The third kappa shape index (κ3) is 5.87. The van der Waals surface area contributed by atoms with Crippen LogP contribution in [0.2, 0.25) is 15.1 Å². The van der Waals surface area contributed by atoms with Gasteiger partial charge in [0.2, 0.25) is 11.6 Å². The lowest BCUT2D eigenvalue weighted by molar-refractivity contribution is -0.386. The summed E-state index contributed by atoms with van der Waals surface area (Å²) < 4.78 is 13.4. The Hall–Kier alpha value is -4.22. The predicted molar refractivity (Wildman–Crippen MR) is 171 cm³/mol. The quantitative estimate of drug-likeness (QED) is 0.0935. The van der Waals surface area contributed by atoms with Crippen molar-refractivity contribution in [3.05, 3.63) is 130 Å². The van der Waals surface area contributed by atoms with Crippen LogP contribution in [0.3, 0.4) is 0 Å². The van der Waals surface area contributed by atoms with Crippen LogP contribution < -0.4 is 10.3 Å². The molecule has 2 aromatic heterocycles. The number of para-hydroxylation sites is 1. The molecule has 43 heavy (non-hydrogen) atoms. The Morgan fingerprint density at radius 1 is 1.02 bits per heavy atom. The molecule has 214 valence electrons. The largest absolute Gasteiger partial charge is 0.481 e. The summed E-state index contributed by atoms with van der Waals surface area (Å²) in [6, 6.07) is 21.4. The Kier molecular flexibility index (Phi) is 7.93. The number of hydrogen-bond donors (Lipinski definition) is 0. The molecular weight excluding hydrogens is 683 g/mol. The Labute approximate surface area is 266 Å². The molecular formula is C30H16BrCl3N4O5. The molecule has 6 aromatic rings. The van der Waals surface area contributed by atoms with E-state index in [1.807, 2.05) is 0 Å². The number of nitro groups is 1. The molecule has 0 spiro atoms. The van der Waals surface area contributed by atoms with Gasteiger partial charge in [-0.15, -0.1) is 0 Å². The first-order valence-corrected chi connectivity index (χ1v) is 14.4. The summed E-state index contributed by atoms with van der Waals surface area (Å²) >= 11 is 21.8. The van der Waals surface area contributed by atoms with Gasteiger partial charge in [-0.25, -0.2) is 4.98 Å². The minimum absolute atomic E-state index is 0.0790. The zero-order valence-electron chi connectivity index (χ0n) is 21.6. The highest BCUT2D eigenvalue weighted by Gasteiger charge is 2.22. The van der Waals surface area contributed by atoms with Crippen molar-refractivity contribution < 1.29 is 14.1 Å². The standard InChI is InChI=1S/C30H16BrCl3N4O5/c31-19-9-18(28(25(12-19)38(40)41)42-15-16-5-6-21(33)13-23(16)34)14-35-37-29(36-24-4-2-1-3-22(24)30(37)39)27-11-17-10-20(32)7-8-26(17)43-27/h1-14H,15H2. The highest BCUT2D eigenvalue weighted by atomic mass is 79.9. The number of rotatable bonds is 7. The van der Waals surface area contributed by atoms with Gasteiger partial charge in [-0.1, -0.05) is 68.9 Å². The highest BCUT2D eigenvalue weighted by Crippen LogP contribution is 2.35. The maximum absolute atomic E-state index is 13.7. The molecule has 13 heteroatoms. The van der Waals surface area contributed by atoms with Crippen molar-refractivity contribution in [3.8, 4) is 17.3 Å². The minimum Gasteiger partial charge on any atom is -0.481 e. The van der Waals surface area contributed by atoms with Crippen LogP contribution in [0.1, 0.15) is 11.1 Å². The molecule has 0 saturated heterocycles. The monoisotopic (exact) mass is 696 g/mol.